The van der Waals surface area contributed by atoms with Gasteiger partial charge in [-0.2, -0.15) is 5.26 Å². The number of carbonyl (C=O) groups is 4. The van der Waals surface area contributed by atoms with Gasteiger partial charge in [-0.25, -0.2) is 14.2 Å². The monoisotopic (exact) mass is 850 g/mol. The Bertz CT molecular complexity index is 2340. The minimum absolute atomic E-state index is 0.231. The fourth-order valence-corrected chi connectivity index (χ4v) is 10.4. The summed E-state index contributed by atoms with van der Waals surface area (Å²) in [5.74, 6) is 1.16. The van der Waals surface area contributed by atoms with Gasteiger partial charge in [0.1, 0.15) is 35.3 Å². The second kappa shape index (κ2) is 18.0. The Labute approximate surface area is 360 Å². The highest BCUT2D eigenvalue weighted by atomic mass is 19.1. The smallest absolute Gasteiger partial charge is 0.329 e. The van der Waals surface area contributed by atoms with Crippen LogP contribution >= 0.6 is 0 Å². The number of nitrogens with one attached hydrogen (secondary N) is 2. The van der Waals surface area contributed by atoms with Crippen molar-refractivity contribution in [3.05, 3.63) is 77.9 Å². The number of nitrogens with zero attached hydrogens (tertiary/aromatic N) is 6. The van der Waals surface area contributed by atoms with Crippen molar-refractivity contribution in [3.63, 3.8) is 0 Å². The molecule has 0 spiro atoms. The van der Waals surface area contributed by atoms with E-state index >= 15 is 4.39 Å². The molecule has 4 fully saturated rings. The first-order valence-corrected chi connectivity index (χ1v) is 21.2. The molecule has 3 saturated heterocycles. The van der Waals surface area contributed by atoms with Crippen LogP contribution in [-0.4, -0.2) is 102 Å². The number of amides is 4. The molecule has 2 aromatic heterocycles. The second-order valence-electron chi connectivity index (χ2n) is 17.8. The summed E-state index contributed by atoms with van der Waals surface area (Å²) >= 11 is 0. The number of urea groups is 1. The zero-order chi connectivity index (χ0) is 44.3. The SMILES string of the molecule is COc1cc(OC2C(C)(C)C(NC(=O)c3ccc(N4CCC(CN5CCC(n6ccc7c(N8CCC(=O)NC8=O)nccc76)CC5)CC4)c(F)c3)C2(C)C)ccc1C#N.O=CO. The number of fused-ring (bicyclic) bond motifs is 1. The molecule has 15 nitrogen and oxygen atoms in total. The topological polar surface area (TPSA) is 182 Å². The molecule has 3 N–H and O–H groups in total. The molecule has 3 aliphatic heterocycles. The Balaban J connectivity index is 0.00000187. The van der Waals surface area contributed by atoms with Gasteiger partial charge in [-0.05, 0) is 74.1 Å². The number of hydrogen-bond acceptors (Lipinski definition) is 10. The molecule has 328 valence electrons. The van der Waals surface area contributed by atoms with E-state index < -0.39 is 22.7 Å². The minimum atomic E-state index is -0.432. The summed E-state index contributed by atoms with van der Waals surface area (Å²) in [7, 11) is 1.52. The van der Waals surface area contributed by atoms with Crippen LogP contribution in [0.5, 0.6) is 11.5 Å². The van der Waals surface area contributed by atoms with Crippen LogP contribution in [0.15, 0.2) is 60.9 Å². The van der Waals surface area contributed by atoms with Gasteiger partial charge in [0, 0.05) is 98.0 Å². The Morgan fingerprint density at radius 3 is 2.37 bits per heavy atom. The van der Waals surface area contributed by atoms with Gasteiger partial charge in [0.25, 0.3) is 12.4 Å². The standard InChI is InChI=1S/C45H53FN8O5.CH2O2/c1-44(2)41(45(3,4)42(44)59-32-8-6-30(26-47)37(25-32)58-5)50-40(56)29-7-9-36(34(46)24-29)52-20-11-28(12-21-52)27-51-18-13-31(14-19-51)53-22-15-33-35(53)10-17-48-39(33)54-23-16-38(55)49-43(54)57;2-1-3/h6-10,15,17,22,24-25,28,31,41-42H,11-14,16,18-21,23,27H2,1-5H3,(H,50,56)(H,49,55,57);1H,(H,2,3). The second-order valence-corrected chi connectivity index (χ2v) is 17.8. The summed E-state index contributed by atoms with van der Waals surface area (Å²) in [6.07, 6.45) is 7.82. The third-order valence-electron chi connectivity index (χ3n) is 13.2. The molecule has 4 aromatic rings. The van der Waals surface area contributed by atoms with Crippen LogP contribution in [0.2, 0.25) is 0 Å². The number of ether oxygens (including phenoxy) is 2. The molecule has 8 rings (SSSR count). The van der Waals surface area contributed by atoms with Gasteiger partial charge >= 0.3 is 6.03 Å². The van der Waals surface area contributed by atoms with Gasteiger partial charge < -0.3 is 34.3 Å². The van der Waals surface area contributed by atoms with Crippen molar-refractivity contribution in [3.8, 4) is 17.6 Å². The summed E-state index contributed by atoms with van der Waals surface area (Å²) in [5.41, 5.74) is 1.42. The zero-order valence-corrected chi connectivity index (χ0v) is 35.9. The molecule has 4 amide bonds. The van der Waals surface area contributed by atoms with E-state index in [-0.39, 0.29) is 42.4 Å². The number of nitriles is 1. The van der Waals surface area contributed by atoms with Gasteiger partial charge in [-0.3, -0.25) is 24.6 Å². The maximum absolute atomic E-state index is 15.7. The van der Waals surface area contributed by atoms with E-state index in [1.807, 2.05) is 12.1 Å². The van der Waals surface area contributed by atoms with Crippen LogP contribution in [0.25, 0.3) is 10.9 Å². The molecule has 1 saturated carbocycles. The van der Waals surface area contributed by atoms with Crippen molar-refractivity contribution >= 4 is 46.7 Å². The molecular weight excluding hydrogens is 796 g/mol. The number of hydrogen-bond donors (Lipinski definition) is 3. The summed E-state index contributed by atoms with van der Waals surface area (Å²) in [4.78, 5) is 56.8. The van der Waals surface area contributed by atoms with Crippen LogP contribution in [-0.2, 0) is 9.59 Å². The molecule has 4 aliphatic rings. The van der Waals surface area contributed by atoms with Gasteiger partial charge in [0.15, 0.2) is 0 Å². The summed E-state index contributed by atoms with van der Waals surface area (Å²) in [5, 5.41) is 22.7. The van der Waals surface area contributed by atoms with Crippen LogP contribution < -0.4 is 29.9 Å². The van der Waals surface area contributed by atoms with Crippen LogP contribution in [0, 0.1) is 33.9 Å². The zero-order valence-electron chi connectivity index (χ0n) is 35.9. The fraction of sp³-hybridized carbons (Fsp3) is 0.478. The number of carbonyl (C=O) groups excluding carboxylic acids is 3. The Kier molecular flexibility index (Phi) is 12.8. The molecule has 1 aliphatic carbocycles. The molecule has 5 heterocycles. The van der Waals surface area contributed by atoms with E-state index in [1.165, 1.54) is 13.2 Å². The number of imide groups is 1. The van der Waals surface area contributed by atoms with E-state index in [0.29, 0.717) is 47.1 Å². The van der Waals surface area contributed by atoms with E-state index in [4.69, 9.17) is 19.4 Å². The van der Waals surface area contributed by atoms with Gasteiger partial charge in [0.2, 0.25) is 5.91 Å². The van der Waals surface area contributed by atoms with Crippen LogP contribution in [0.4, 0.5) is 20.7 Å². The molecule has 0 bridgehead atoms. The average Bonchev–Trinajstić information content (AvgIpc) is 3.70. The maximum Gasteiger partial charge on any atom is 0.329 e. The van der Waals surface area contributed by atoms with E-state index in [0.717, 1.165) is 69.3 Å². The first-order chi connectivity index (χ1) is 29.7. The average molecular weight is 851 g/mol. The predicted molar refractivity (Wildman–Crippen MR) is 231 cm³/mol. The number of halogens is 1. The quantitative estimate of drug-likeness (QED) is 0.151. The molecule has 62 heavy (non-hydrogen) atoms. The van der Waals surface area contributed by atoms with Crippen LogP contribution in [0.1, 0.15) is 81.8 Å². The number of aromatic nitrogens is 2. The summed E-state index contributed by atoms with van der Waals surface area (Å²) in [6.45, 7) is 12.8. The first-order valence-electron chi connectivity index (χ1n) is 21.2. The molecule has 2 aromatic carbocycles. The van der Waals surface area contributed by atoms with Crippen molar-refractivity contribution in [2.45, 2.75) is 78.0 Å². The number of pyridine rings is 1. The molecule has 0 atom stereocenters. The van der Waals surface area contributed by atoms with E-state index in [2.05, 4.69) is 69.9 Å². The number of methoxy groups -OCH3 is 1. The highest BCUT2D eigenvalue weighted by Crippen LogP contribution is 2.55. The number of benzene rings is 2. The first kappa shape index (κ1) is 43.9. The fourth-order valence-electron chi connectivity index (χ4n) is 10.4. The van der Waals surface area contributed by atoms with Crippen molar-refractivity contribution in [2.75, 3.05) is 56.2 Å². The predicted octanol–water partition coefficient (Wildman–Crippen LogP) is 6.37. The maximum atomic E-state index is 15.7. The Hall–Kier alpha value is -6.21. The number of anilines is 2. The molecule has 16 heteroatoms. The van der Waals surface area contributed by atoms with Crippen molar-refractivity contribution in [1.82, 2.24) is 25.1 Å². The molecular formula is C46H55FN8O7. The molecule has 0 radical (unpaired) electrons. The van der Waals surface area contributed by atoms with Crippen LogP contribution in [0.3, 0.4) is 0 Å². The van der Waals surface area contributed by atoms with Crippen molar-refractivity contribution in [1.29, 1.82) is 5.26 Å². The Morgan fingerprint density at radius 1 is 1.02 bits per heavy atom. The lowest BCUT2D eigenvalue weighted by Gasteiger charge is -2.63. The van der Waals surface area contributed by atoms with Gasteiger partial charge in [0.05, 0.1) is 23.9 Å². The number of likely N-dealkylation sites (tertiary alicyclic amines) is 1. The number of rotatable bonds is 10. The highest BCUT2D eigenvalue weighted by Gasteiger charge is 2.64. The Morgan fingerprint density at radius 2 is 1.73 bits per heavy atom. The highest BCUT2D eigenvalue weighted by molar-refractivity contribution is 6.08. The normalized spacial score (nSPS) is 21.5. The van der Waals surface area contributed by atoms with Gasteiger partial charge in [-0.15, -0.1) is 0 Å². The van der Waals surface area contributed by atoms with Gasteiger partial charge in [-0.1, -0.05) is 27.7 Å². The third kappa shape index (κ3) is 8.63. The molecule has 0 unspecified atom stereocenters. The lowest BCUT2D eigenvalue weighted by atomic mass is 9.49. The summed E-state index contributed by atoms with van der Waals surface area (Å²) < 4.78 is 29.8. The van der Waals surface area contributed by atoms with E-state index in [9.17, 15) is 19.6 Å². The largest absolute Gasteiger partial charge is 0.495 e. The number of piperidine rings is 2. The lowest BCUT2D eigenvalue weighted by Crippen LogP contribution is -2.74. The lowest BCUT2D eigenvalue weighted by molar-refractivity contribution is -0.164. The summed E-state index contributed by atoms with van der Waals surface area (Å²) in [6, 6.07) is 15.8. The number of carboxylic acid groups (broad SMARTS) is 1. The minimum Gasteiger partial charge on any atom is -0.495 e. The third-order valence-corrected chi connectivity index (χ3v) is 13.2. The van der Waals surface area contributed by atoms with E-state index in [1.54, 1.807) is 41.4 Å². The van der Waals surface area contributed by atoms with Crippen molar-refractivity contribution < 1.29 is 38.1 Å². The van der Waals surface area contributed by atoms with Crippen molar-refractivity contribution in [2.24, 2.45) is 16.7 Å².